The lowest BCUT2D eigenvalue weighted by Gasteiger charge is -2.40. The second kappa shape index (κ2) is 3.29. The Labute approximate surface area is 79.9 Å². The third-order valence-corrected chi connectivity index (χ3v) is 3.47. The molecule has 4 N–H and O–H groups in total. The predicted molar refractivity (Wildman–Crippen MR) is 52.9 cm³/mol. The normalized spacial score (nSPS) is 25.5. The second-order valence-electron chi connectivity index (χ2n) is 5.01. The molecule has 0 unspecified atom stereocenters. The van der Waals surface area contributed by atoms with Gasteiger partial charge in [0, 0.05) is 6.54 Å². The summed E-state index contributed by atoms with van der Waals surface area (Å²) < 4.78 is 0. The minimum atomic E-state index is -0.407. The summed E-state index contributed by atoms with van der Waals surface area (Å²) in [5.41, 5.74) is 11.0. The standard InChI is InChI=1S/C10H20N2O/c1-9(2)3-5-10(7-11,6-4-9)8(12)13/h3-7,11H2,1-2H3,(H2,12,13). The van der Waals surface area contributed by atoms with E-state index in [1.807, 2.05) is 0 Å². The molecule has 13 heavy (non-hydrogen) atoms. The summed E-state index contributed by atoms with van der Waals surface area (Å²) in [5.74, 6) is -0.217. The van der Waals surface area contributed by atoms with E-state index in [4.69, 9.17) is 11.5 Å². The van der Waals surface area contributed by atoms with Gasteiger partial charge in [-0.1, -0.05) is 13.8 Å². The highest BCUT2D eigenvalue weighted by Gasteiger charge is 2.41. The third kappa shape index (κ3) is 2.02. The van der Waals surface area contributed by atoms with Gasteiger partial charge in [-0.2, -0.15) is 0 Å². The fourth-order valence-electron chi connectivity index (χ4n) is 1.96. The molecular weight excluding hydrogens is 164 g/mol. The third-order valence-electron chi connectivity index (χ3n) is 3.47. The van der Waals surface area contributed by atoms with Crippen molar-refractivity contribution in [3.8, 4) is 0 Å². The largest absolute Gasteiger partial charge is 0.369 e. The molecule has 0 aromatic heterocycles. The van der Waals surface area contributed by atoms with Gasteiger partial charge in [-0.05, 0) is 31.1 Å². The lowest BCUT2D eigenvalue weighted by atomic mass is 9.65. The predicted octanol–water partition coefficient (Wildman–Crippen LogP) is 1.02. The summed E-state index contributed by atoms with van der Waals surface area (Å²) >= 11 is 0. The Morgan fingerprint density at radius 1 is 1.23 bits per heavy atom. The quantitative estimate of drug-likeness (QED) is 0.672. The van der Waals surface area contributed by atoms with Gasteiger partial charge in [0.2, 0.25) is 5.91 Å². The van der Waals surface area contributed by atoms with Crippen LogP contribution < -0.4 is 11.5 Å². The molecule has 0 heterocycles. The highest BCUT2D eigenvalue weighted by molar-refractivity contribution is 5.81. The smallest absolute Gasteiger partial charge is 0.224 e. The second-order valence-corrected chi connectivity index (χ2v) is 5.01. The van der Waals surface area contributed by atoms with Gasteiger partial charge in [-0.25, -0.2) is 0 Å². The lowest BCUT2D eigenvalue weighted by molar-refractivity contribution is -0.130. The molecule has 1 aliphatic carbocycles. The Bertz CT molecular complexity index is 201. The van der Waals surface area contributed by atoms with Gasteiger partial charge in [0.15, 0.2) is 0 Å². The molecule has 0 aromatic carbocycles. The number of hydrogen-bond acceptors (Lipinski definition) is 2. The van der Waals surface area contributed by atoms with Crippen LogP contribution in [0.5, 0.6) is 0 Å². The zero-order valence-electron chi connectivity index (χ0n) is 8.60. The molecule has 1 saturated carbocycles. The number of hydrogen-bond donors (Lipinski definition) is 2. The first-order valence-corrected chi connectivity index (χ1v) is 4.92. The van der Waals surface area contributed by atoms with E-state index < -0.39 is 5.41 Å². The van der Waals surface area contributed by atoms with Crippen LogP contribution in [0.15, 0.2) is 0 Å². The summed E-state index contributed by atoms with van der Waals surface area (Å²) in [4.78, 5) is 11.3. The maximum atomic E-state index is 11.3. The molecule has 1 aliphatic rings. The van der Waals surface area contributed by atoms with E-state index in [0.29, 0.717) is 12.0 Å². The van der Waals surface area contributed by atoms with Crippen LogP contribution in [0.25, 0.3) is 0 Å². The van der Waals surface area contributed by atoms with E-state index in [2.05, 4.69) is 13.8 Å². The molecule has 0 spiro atoms. The van der Waals surface area contributed by atoms with E-state index in [1.54, 1.807) is 0 Å². The molecule has 0 atom stereocenters. The van der Waals surface area contributed by atoms with E-state index in [1.165, 1.54) is 0 Å². The van der Waals surface area contributed by atoms with Gasteiger partial charge in [0.05, 0.1) is 5.41 Å². The van der Waals surface area contributed by atoms with Crippen LogP contribution in [0.1, 0.15) is 39.5 Å². The minimum Gasteiger partial charge on any atom is -0.369 e. The SMILES string of the molecule is CC1(C)CCC(CN)(C(N)=O)CC1. The Kier molecular flexibility index (Phi) is 2.66. The highest BCUT2D eigenvalue weighted by atomic mass is 16.1. The first kappa shape index (κ1) is 10.5. The van der Waals surface area contributed by atoms with Gasteiger partial charge in [0.1, 0.15) is 0 Å². The fourth-order valence-corrected chi connectivity index (χ4v) is 1.96. The maximum absolute atomic E-state index is 11.3. The van der Waals surface area contributed by atoms with Crippen LogP contribution in [-0.4, -0.2) is 12.5 Å². The van der Waals surface area contributed by atoms with Gasteiger partial charge in [0.25, 0.3) is 0 Å². The first-order valence-electron chi connectivity index (χ1n) is 4.92. The molecule has 1 rings (SSSR count). The number of carbonyl (C=O) groups is 1. The molecule has 0 aliphatic heterocycles. The van der Waals surface area contributed by atoms with Crippen molar-refractivity contribution in [2.24, 2.45) is 22.3 Å². The van der Waals surface area contributed by atoms with Crippen molar-refractivity contribution in [1.29, 1.82) is 0 Å². The van der Waals surface area contributed by atoms with Crippen LogP contribution in [0.4, 0.5) is 0 Å². The van der Waals surface area contributed by atoms with Crippen molar-refractivity contribution in [3.63, 3.8) is 0 Å². The molecule has 0 bridgehead atoms. The minimum absolute atomic E-state index is 0.217. The number of carbonyl (C=O) groups excluding carboxylic acids is 1. The van der Waals surface area contributed by atoms with E-state index >= 15 is 0 Å². The number of primary amides is 1. The molecular formula is C10H20N2O. The molecule has 1 amide bonds. The van der Waals surface area contributed by atoms with Crippen molar-refractivity contribution in [1.82, 2.24) is 0 Å². The van der Waals surface area contributed by atoms with Crippen molar-refractivity contribution >= 4 is 5.91 Å². The zero-order chi connectivity index (χ0) is 10.1. The van der Waals surface area contributed by atoms with Gasteiger partial charge >= 0.3 is 0 Å². The Hall–Kier alpha value is -0.570. The summed E-state index contributed by atoms with van der Waals surface area (Å²) in [6.07, 6.45) is 3.80. The topological polar surface area (TPSA) is 69.1 Å². The molecule has 3 heteroatoms. The van der Waals surface area contributed by atoms with Crippen LogP contribution >= 0.6 is 0 Å². The van der Waals surface area contributed by atoms with Crippen molar-refractivity contribution in [3.05, 3.63) is 0 Å². The van der Waals surface area contributed by atoms with E-state index in [0.717, 1.165) is 25.7 Å². The van der Waals surface area contributed by atoms with Crippen molar-refractivity contribution in [2.75, 3.05) is 6.54 Å². The summed E-state index contributed by atoms with van der Waals surface area (Å²) in [5, 5.41) is 0. The molecule has 0 saturated heterocycles. The monoisotopic (exact) mass is 184 g/mol. The van der Waals surface area contributed by atoms with Crippen LogP contribution in [0.2, 0.25) is 0 Å². The fraction of sp³-hybridized carbons (Fsp3) is 0.900. The van der Waals surface area contributed by atoms with E-state index in [9.17, 15) is 4.79 Å². The van der Waals surface area contributed by atoms with Crippen LogP contribution in [-0.2, 0) is 4.79 Å². The highest BCUT2D eigenvalue weighted by Crippen LogP contribution is 2.44. The Balaban J connectivity index is 2.69. The van der Waals surface area contributed by atoms with Gasteiger partial charge < -0.3 is 11.5 Å². The molecule has 0 aromatic rings. The van der Waals surface area contributed by atoms with Crippen molar-refractivity contribution in [2.45, 2.75) is 39.5 Å². The zero-order valence-corrected chi connectivity index (χ0v) is 8.60. The average molecular weight is 184 g/mol. The summed E-state index contributed by atoms with van der Waals surface area (Å²) in [6, 6.07) is 0. The lowest BCUT2D eigenvalue weighted by Crippen LogP contribution is -2.46. The molecule has 3 nitrogen and oxygen atoms in total. The average Bonchev–Trinajstić information content (AvgIpc) is 2.05. The van der Waals surface area contributed by atoms with Gasteiger partial charge in [-0.15, -0.1) is 0 Å². The van der Waals surface area contributed by atoms with Gasteiger partial charge in [-0.3, -0.25) is 4.79 Å². The number of nitrogens with two attached hydrogens (primary N) is 2. The maximum Gasteiger partial charge on any atom is 0.224 e. The Morgan fingerprint density at radius 3 is 2.00 bits per heavy atom. The number of rotatable bonds is 2. The first-order chi connectivity index (χ1) is 5.92. The van der Waals surface area contributed by atoms with Crippen LogP contribution in [0.3, 0.4) is 0 Å². The molecule has 1 fully saturated rings. The summed E-state index contributed by atoms with van der Waals surface area (Å²) in [7, 11) is 0. The molecule has 76 valence electrons. The van der Waals surface area contributed by atoms with E-state index in [-0.39, 0.29) is 5.91 Å². The number of amides is 1. The molecule has 0 radical (unpaired) electrons. The van der Waals surface area contributed by atoms with Crippen LogP contribution in [0, 0.1) is 10.8 Å². The Morgan fingerprint density at radius 2 is 1.69 bits per heavy atom. The van der Waals surface area contributed by atoms with Crippen molar-refractivity contribution < 1.29 is 4.79 Å². The summed E-state index contributed by atoms with van der Waals surface area (Å²) in [6.45, 7) is 4.86.